The minimum atomic E-state index is -0.134. The van der Waals surface area contributed by atoms with Crippen LogP contribution in [-0.2, 0) is 4.79 Å². The quantitative estimate of drug-likeness (QED) is 0.709. The van der Waals surface area contributed by atoms with Gasteiger partial charge >= 0.3 is 0 Å². The molecule has 4 nitrogen and oxygen atoms in total. The Hall–Kier alpha value is -2.31. The van der Waals surface area contributed by atoms with E-state index < -0.39 is 0 Å². The first-order valence-corrected chi connectivity index (χ1v) is 8.91. The van der Waals surface area contributed by atoms with Crippen LogP contribution >= 0.6 is 22.7 Å². The number of amides is 1. The van der Waals surface area contributed by atoms with E-state index >= 15 is 0 Å². The number of rotatable bonds is 5. The Morgan fingerprint density at radius 3 is 3.00 bits per heavy atom. The number of hydrogen-bond donors (Lipinski definition) is 1. The zero-order valence-corrected chi connectivity index (χ0v) is 14.1. The lowest BCUT2D eigenvalue weighted by molar-refractivity contribution is -0.117. The van der Waals surface area contributed by atoms with Crippen LogP contribution in [0.4, 0.5) is 0 Å². The normalized spacial score (nSPS) is 12.4. The minimum absolute atomic E-state index is 0.123. The third-order valence-electron chi connectivity index (χ3n) is 3.18. The van der Waals surface area contributed by atoms with Crippen molar-refractivity contribution in [1.29, 1.82) is 0 Å². The Labute approximate surface area is 142 Å². The topological polar surface area (TPSA) is 54.9 Å². The van der Waals surface area contributed by atoms with Crippen LogP contribution in [0.15, 0.2) is 52.8 Å². The summed E-state index contributed by atoms with van der Waals surface area (Å²) in [4.78, 5) is 20.7. The highest BCUT2D eigenvalue weighted by molar-refractivity contribution is 7.10. The zero-order chi connectivity index (χ0) is 16.1. The van der Waals surface area contributed by atoms with Gasteiger partial charge < -0.3 is 5.32 Å². The van der Waals surface area contributed by atoms with Crippen molar-refractivity contribution < 1.29 is 4.79 Å². The molecule has 3 aromatic rings. The number of hydrogen-bond acceptors (Lipinski definition) is 5. The summed E-state index contributed by atoms with van der Waals surface area (Å²) in [6.07, 6.45) is 6.88. The number of aromatic nitrogens is 2. The number of nitrogens with one attached hydrogen (secondary N) is 1. The van der Waals surface area contributed by atoms with Gasteiger partial charge in [-0.25, -0.2) is 4.98 Å². The fourth-order valence-electron chi connectivity index (χ4n) is 2.00. The van der Waals surface area contributed by atoms with E-state index in [0.29, 0.717) is 0 Å². The molecule has 0 bridgehead atoms. The molecule has 3 aromatic heterocycles. The lowest BCUT2D eigenvalue weighted by Crippen LogP contribution is -2.24. The highest BCUT2D eigenvalue weighted by Gasteiger charge is 2.13. The Morgan fingerprint density at radius 2 is 2.26 bits per heavy atom. The van der Waals surface area contributed by atoms with Crippen LogP contribution < -0.4 is 5.32 Å². The molecule has 1 amide bonds. The Balaban J connectivity index is 1.63. The van der Waals surface area contributed by atoms with Crippen LogP contribution in [0.2, 0.25) is 0 Å². The van der Waals surface area contributed by atoms with E-state index in [1.807, 2.05) is 47.3 Å². The molecule has 0 aliphatic carbocycles. The van der Waals surface area contributed by atoms with Crippen molar-refractivity contribution >= 4 is 34.7 Å². The number of carbonyl (C=O) groups is 1. The lowest BCUT2D eigenvalue weighted by Gasteiger charge is -2.08. The van der Waals surface area contributed by atoms with Gasteiger partial charge in [-0.05, 0) is 47.5 Å². The number of pyridine rings is 1. The van der Waals surface area contributed by atoms with E-state index in [-0.39, 0.29) is 11.9 Å². The van der Waals surface area contributed by atoms with E-state index in [1.165, 1.54) is 11.3 Å². The van der Waals surface area contributed by atoms with Gasteiger partial charge in [0, 0.05) is 29.4 Å². The van der Waals surface area contributed by atoms with Gasteiger partial charge in [-0.3, -0.25) is 9.78 Å². The highest BCUT2D eigenvalue weighted by Crippen LogP contribution is 2.24. The molecule has 0 fully saturated rings. The number of thiazole rings is 1. The summed E-state index contributed by atoms with van der Waals surface area (Å²) >= 11 is 3.14. The van der Waals surface area contributed by atoms with E-state index in [4.69, 9.17) is 0 Å². The molecule has 23 heavy (non-hydrogen) atoms. The molecule has 1 N–H and O–H groups in total. The molecule has 0 spiro atoms. The summed E-state index contributed by atoms with van der Waals surface area (Å²) in [7, 11) is 0. The van der Waals surface area contributed by atoms with Gasteiger partial charge in [-0.15, -0.1) is 11.3 Å². The van der Waals surface area contributed by atoms with Crippen LogP contribution in [-0.4, -0.2) is 15.9 Å². The first-order valence-electron chi connectivity index (χ1n) is 7.09. The van der Waals surface area contributed by atoms with Crippen LogP contribution in [0.1, 0.15) is 23.5 Å². The van der Waals surface area contributed by atoms with Gasteiger partial charge in [0.2, 0.25) is 5.91 Å². The van der Waals surface area contributed by atoms with Gasteiger partial charge in [0.15, 0.2) is 0 Å². The maximum absolute atomic E-state index is 12.0. The summed E-state index contributed by atoms with van der Waals surface area (Å²) in [5.41, 5.74) is 2.89. The summed E-state index contributed by atoms with van der Waals surface area (Å²) in [6.45, 7) is 1.93. The summed E-state index contributed by atoms with van der Waals surface area (Å²) in [5, 5.41) is 9.77. The number of nitrogens with zero attached hydrogens (tertiary/aromatic N) is 2. The van der Waals surface area contributed by atoms with Gasteiger partial charge in [0.1, 0.15) is 5.01 Å². The molecule has 0 saturated heterocycles. The van der Waals surface area contributed by atoms with Gasteiger partial charge in [0.05, 0.1) is 11.7 Å². The average molecular weight is 341 g/mol. The standard InChI is InChI=1S/C17H15N3OS2/c1-12(19-16(21)5-4-13-6-8-22-10-13)17-20-15(11-23-17)14-3-2-7-18-9-14/h2-12H,1H3,(H,19,21)/b5-4-/t12-/m1/s1. The van der Waals surface area contributed by atoms with Crippen molar-refractivity contribution in [1.82, 2.24) is 15.3 Å². The van der Waals surface area contributed by atoms with Crippen LogP contribution in [0.25, 0.3) is 17.3 Å². The number of thiophene rings is 1. The first kappa shape index (κ1) is 15.6. The molecular weight excluding hydrogens is 326 g/mol. The molecule has 0 aliphatic rings. The second-order valence-electron chi connectivity index (χ2n) is 4.93. The smallest absolute Gasteiger partial charge is 0.244 e. The van der Waals surface area contributed by atoms with Gasteiger partial charge in [-0.1, -0.05) is 0 Å². The SMILES string of the molecule is C[C@@H](NC(=O)/C=C\c1ccsc1)c1nc(-c2cccnc2)cs1. The Morgan fingerprint density at radius 1 is 1.35 bits per heavy atom. The molecule has 0 radical (unpaired) electrons. The molecule has 0 aromatic carbocycles. The van der Waals surface area contributed by atoms with Crippen molar-refractivity contribution in [3.63, 3.8) is 0 Å². The first-order chi connectivity index (χ1) is 11.2. The molecule has 1 atom stereocenters. The summed E-state index contributed by atoms with van der Waals surface area (Å²) in [6, 6.07) is 5.69. The minimum Gasteiger partial charge on any atom is -0.344 e. The van der Waals surface area contributed by atoms with E-state index in [0.717, 1.165) is 21.8 Å². The third-order valence-corrected chi connectivity index (χ3v) is 4.91. The Kier molecular flexibility index (Phi) is 4.95. The van der Waals surface area contributed by atoms with Gasteiger partial charge in [0.25, 0.3) is 0 Å². The molecule has 0 saturated carbocycles. The molecule has 6 heteroatoms. The average Bonchev–Trinajstić information content (AvgIpc) is 3.25. The zero-order valence-electron chi connectivity index (χ0n) is 12.5. The van der Waals surface area contributed by atoms with Crippen molar-refractivity contribution in [2.75, 3.05) is 0 Å². The monoisotopic (exact) mass is 341 g/mol. The molecule has 116 valence electrons. The molecular formula is C17H15N3OS2. The second-order valence-corrected chi connectivity index (χ2v) is 6.60. The van der Waals surface area contributed by atoms with E-state index in [1.54, 1.807) is 29.8 Å². The fourth-order valence-corrected chi connectivity index (χ4v) is 3.46. The third kappa shape index (κ3) is 4.12. The van der Waals surface area contributed by atoms with Crippen LogP contribution in [0.3, 0.4) is 0 Å². The highest BCUT2D eigenvalue weighted by atomic mass is 32.1. The Bertz CT molecular complexity index is 794. The fraction of sp³-hybridized carbons (Fsp3) is 0.118. The second kappa shape index (κ2) is 7.30. The van der Waals surface area contributed by atoms with Crippen molar-refractivity contribution in [3.05, 3.63) is 63.4 Å². The van der Waals surface area contributed by atoms with Crippen LogP contribution in [0, 0.1) is 0 Å². The van der Waals surface area contributed by atoms with Crippen molar-refractivity contribution in [3.8, 4) is 11.3 Å². The molecule has 0 unspecified atom stereocenters. The predicted molar refractivity (Wildman–Crippen MR) is 95.3 cm³/mol. The van der Waals surface area contributed by atoms with Crippen LogP contribution in [0.5, 0.6) is 0 Å². The number of carbonyl (C=O) groups excluding carboxylic acids is 1. The predicted octanol–water partition coefficient (Wildman–Crippen LogP) is 4.16. The summed E-state index contributed by atoms with van der Waals surface area (Å²) in [5.74, 6) is -0.123. The maximum Gasteiger partial charge on any atom is 0.244 e. The summed E-state index contributed by atoms with van der Waals surface area (Å²) < 4.78 is 0. The lowest BCUT2D eigenvalue weighted by atomic mass is 10.2. The van der Waals surface area contributed by atoms with Crippen molar-refractivity contribution in [2.45, 2.75) is 13.0 Å². The maximum atomic E-state index is 12.0. The molecule has 0 aliphatic heterocycles. The molecule has 3 rings (SSSR count). The van der Waals surface area contributed by atoms with E-state index in [9.17, 15) is 4.79 Å². The van der Waals surface area contributed by atoms with Gasteiger partial charge in [-0.2, -0.15) is 11.3 Å². The van der Waals surface area contributed by atoms with Crippen molar-refractivity contribution in [2.24, 2.45) is 0 Å². The largest absolute Gasteiger partial charge is 0.344 e. The van der Waals surface area contributed by atoms with E-state index in [2.05, 4.69) is 15.3 Å². The molecule has 3 heterocycles.